The van der Waals surface area contributed by atoms with Gasteiger partial charge in [0.25, 0.3) is 0 Å². The van der Waals surface area contributed by atoms with E-state index in [1.807, 2.05) is 44.2 Å². The molecule has 100 valence electrons. The van der Waals surface area contributed by atoms with Gasteiger partial charge >= 0.3 is 0 Å². The normalized spacial score (nSPS) is 10.5. The fourth-order valence-corrected chi connectivity index (χ4v) is 1.96. The number of hydrogen-bond acceptors (Lipinski definition) is 4. The van der Waals surface area contributed by atoms with Crippen molar-refractivity contribution in [2.45, 2.75) is 20.3 Å². The average Bonchev–Trinajstić information content (AvgIpc) is 2.38. The van der Waals surface area contributed by atoms with Crippen molar-refractivity contribution < 1.29 is 5.11 Å². The molecule has 0 saturated carbocycles. The summed E-state index contributed by atoms with van der Waals surface area (Å²) < 4.78 is 0. The van der Waals surface area contributed by atoms with E-state index in [1.165, 1.54) is 0 Å². The molecule has 0 aliphatic rings. The van der Waals surface area contributed by atoms with Crippen LogP contribution in [0.3, 0.4) is 0 Å². The van der Waals surface area contributed by atoms with Crippen LogP contribution in [0, 0.1) is 13.8 Å². The van der Waals surface area contributed by atoms with E-state index in [1.54, 1.807) is 0 Å². The SMILES string of the molecule is Cc1cc(C)c(N)c(Nc2ccc(CCO)cc2)n1. The summed E-state index contributed by atoms with van der Waals surface area (Å²) in [6.45, 7) is 4.08. The zero-order valence-corrected chi connectivity index (χ0v) is 11.3. The molecule has 0 atom stereocenters. The molecule has 0 spiro atoms. The van der Waals surface area contributed by atoms with Gasteiger partial charge in [-0.3, -0.25) is 0 Å². The lowest BCUT2D eigenvalue weighted by atomic mass is 10.1. The molecule has 0 saturated heterocycles. The number of aryl methyl sites for hydroxylation is 2. The van der Waals surface area contributed by atoms with Crippen molar-refractivity contribution in [2.24, 2.45) is 0 Å². The van der Waals surface area contributed by atoms with Gasteiger partial charge in [0, 0.05) is 18.0 Å². The van der Waals surface area contributed by atoms with Crippen LogP contribution in [0.25, 0.3) is 0 Å². The van der Waals surface area contributed by atoms with Gasteiger partial charge in [-0.15, -0.1) is 0 Å². The van der Waals surface area contributed by atoms with Crippen molar-refractivity contribution in [3.05, 3.63) is 47.2 Å². The van der Waals surface area contributed by atoms with Crippen LogP contribution in [0.1, 0.15) is 16.8 Å². The van der Waals surface area contributed by atoms with E-state index in [-0.39, 0.29) is 6.61 Å². The molecule has 0 bridgehead atoms. The van der Waals surface area contributed by atoms with Gasteiger partial charge < -0.3 is 16.2 Å². The molecule has 0 amide bonds. The minimum Gasteiger partial charge on any atom is -0.396 e. The summed E-state index contributed by atoms with van der Waals surface area (Å²) in [7, 11) is 0. The average molecular weight is 257 g/mol. The topological polar surface area (TPSA) is 71.2 Å². The molecule has 1 aromatic carbocycles. The maximum atomic E-state index is 8.88. The fourth-order valence-electron chi connectivity index (χ4n) is 1.96. The second-order valence-electron chi connectivity index (χ2n) is 4.64. The van der Waals surface area contributed by atoms with E-state index in [0.717, 1.165) is 22.5 Å². The summed E-state index contributed by atoms with van der Waals surface area (Å²) in [5.74, 6) is 0.687. The van der Waals surface area contributed by atoms with Gasteiger partial charge in [-0.05, 0) is 49.6 Å². The predicted octanol–water partition coefficient (Wildman–Crippen LogP) is 2.56. The van der Waals surface area contributed by atoms with E-state index in [9.17, 15) is 0 Å². The molecule has 1 heterocycles. The van der Waals surface area contributed by atoms with Crippen molar-refractivity contribution in [3.8, 4) is 0 Å². The van der Waals surface area contributed by atoms with Crippen molar-refractivity contribution in [2.75, 3.05) is 17.7 Å². The molecule has 1 aromatic heterocycles. The molecule has 2 aromatic rings. The van der Waals surface area contributed by atoms with Crippen LogP contribution in [-0.2, 0) is 6.42 Å². The molecule has 19 heavy (non-hydrogen) atoms. The summed E-state index contributed by atoms with van der Waals surface area (Å²) >= 11 is 0. The summed E-state index contributed by atoms with van der Waals surface area (Å²) in [4.78, 5) is 4.41. The maximum Gasteiger partial charge on any atom is 0.154 e. The summed E-state index contributed by atoms with van der Waals surface area (Å²) in [6, 6.07) is 9.85. The Hall–Kier alpha value is -2.07. The molecule has 4 heteroatoms. The Morgan fingerprint density at radius 2 is 1.89 bits per heavy atom. The van der Waals surface area contributed by atoms with Crippen LogP contribution in [0.15, 0.2) is 30.3 Å². The standard InChI is InChI=1S/C15H19N3O/c1-10-9-11(2)17-15(14(10)16)18-13-5-3-12(4-6-13)7-8-19/h3-6,9,19H,7-8,16H2,1-2H3,(H,17,18). The Morgan fingerprint density at radius 3 is 2.53 bits per heavy atom. The van der Waals surface area contributed by atoms with Gasteiger partial charge in [0.05, 0.1) is 5.69 Å². The van der Waals surface area contributed by atoms with E-state index in [0.29, 0.717) is 17.9 Å². The minimum absolute atomic E-state index is 0.165. The van der Waals surface area contributed by atoms with Crippen LogP contribution in [0.2, 0.25) is 0 Å². The first kappa shape index (κ1) is 13.4. The molecular formula is C15H19N3O. The van der Waals surface area contributed by atoms with Crippen molar-refractivity contribution >= 4 is 17.2 Å². The van der Waals surface area contributed by atoms with Gasteiger partial charge in [-0.2, -0.15) is 0 Å². The third-order valence-electron chi connectivity index (χ3n) is 3.01. The van der Waals surface area contributed by atoms with Crippen LogP contribution in [0.4, 0.5) is 17.2 Å². The second kappa shape index (κ2) is 5.71. The third-order valence-corrected chi connectivity index (χ3v) is 3.01. The highest BCUT2D eigenvalue weighted by Gasteiger charge is 2.05. The highest BCUT2D eigenvalue weighted by atomic mass is 16.2. The lowest BCUT2D eigenvalue weighted by molar-refractivity contribution is 0.299. The van der Waals surface area contributed by atoms with Gasteiger partial charge in [-0.1, -0.05) is 12.1 Å². The first-order chi connectivity index (χ1) is 9.10. The number of pyridine rings is 1. The number of nitrogen functional groups attached to an aromatic ring is 1. The summed E-state index contributed by atoms with van der Waals surface area (Å²) in [5.41, 5.74) is 10.7. The number of nitrogens with two attached hydrogens (primary N) is 1. The van der Waals surface area contributed by atoms with Crippen LogP contribution >= 0.6 is 0 Å². The number of nitrogens with one attached hydrogen (secondary N) is 1. The lowest BCUT2D eigenvalue weighted by Gasteiger charge is -2.12. The number of aromatic nitrogens is 1. The Kier molecular flexibility index (Phi) is 4.02. The Balaban J connectivity index is 2.21. The predicted molar refractivity (Wildman–Crippen MR) is 78.6 cm³/mol. The minimum atomic E-state index is 0.165. The van der Waals surface area contributed by atoms with E-state index < -0.39 is 0 Å². The number of aliphatic hydroxyl groups excluding tert-OH is 1. The monoisotopic (exact) mass is 257 g/mol. The highest BCUT2D eigenvalue weighted by Crippen LogP contribution is 2.24. The Bertz CT molecular complexity index is 564. The lowest BCUT2D eigenvalue weighted by Crippen LogP contribution is -2.02. The molecule has 0 fully saturated rings. The van der Waals surface area contributed by atoms with Crippen molar-refractivity contribution in [3.63, 3.8) is 0 Å². The first-order valence-electron chi connectivity index (χ1n) is 6.30. The number of rotatable bonds is 4. The van der Waals surface area contributed by atoms with Gasteiger partial charge in [0.2, 0.25) is 0 Å². The number of anilines is 3. The molecule has 0 radical (unpaired) electrons. The number of nitrogens with zero attached hydrogens (tertiary/aromatic N) is 1. The van der Waals surface area contributed by atoms with Crippen molar-refractivity contribution in [1.82, 2.24) is 4.98 Å². The molecule has 0 unspecified atom stereocenters. The molecule has 0 aliphatic carbocycles. The van der Waals surface area contributed by atoms with E-state index >= 15 is 0 Å². The summed E-state index contributed by atoms with van der Waals surface area (Å²) in [6.07, 6.45) is 0.671. The molecule has 4 nitrogen and oxygen atoms in total. The van der Waals surface area contributed by atoms with Crippen molar-refractivity contribution in [1.29, 1.82) is 0 Å². The number of aliphatic hydroxyl groups is 1. The first-order valence-corrected chi connectivity index (χ1v) is 6.30. The molecular weight excluding hydrogens is 238 g/mol. The maximum absolute atomic E-state index is 8.88. The van der Waals surface area contributed by atoms with E-state index in [4.69, 9.17) is 10.8 Å². The van der Waals surface area contributed by atoms with Gasteiger partial charge in [0.15, 0.2) is 5.82 Å². The van der Waals surface area contributed by atoms with Crippen LogP contribution in [-0.4, -0.2) is 16.7 Å². The zero-order valence-electron chi connectivity index (χ0n) is 11.3. The third kappa shape index (κ3) is 3.23. The Labute approximate surface area is 113 Å². The second-order valence-corrected chi connectivity index (χ2v) is 4.64. The summed E-state index contributed by atoms with van der Waals surface area (Å²) in [5, 5.41) is 12.1. The van der Waals surface area contributed by atoms with Crippen LogP contribution in [0.5, 0.6) is 0 Å². The largest absolute Gasteiger partial charge is 0.396 e. The zero-order chi connectivity index (χ0) is 13.8. The Morgan fingerprint density at radius 1 is 1.21 bits per heavy atom. The van der Waals surface area contributed by atoms with E-state index in [2.05, 4.69) is 10.3 Å². The highest BCUT2D eigenvalue weighted by molar-refractivity contribution is 5.71. The van der Waals surface area contributed by atoms with Gasteiger partial charge in [-0.25, -0.2) is 4.98 Å². The van der Waals surface area contributed by atoms with Gasteiger partial charge in [0.1, 0.15) is 0 Å². The van der Waals surface area contributed by atoms with Crippen LogP contribution < -0.4 is 11.1 Å². The molecule has 4 N–H and O–H groups in total. The number of hydrogen-bond donors (Lipinski definition) is 3. The quantitative estimate of drug-likeness (QED) is 0.787. The smallest absolute Gasteiger partial charge is 0.154 e. The molecule has 2 rings (SSSR count). The fraction of sp³-hybridized carbons (Fsp3) is 0.267. The number of benzene rings is 1. The molecule has 0 aliphatic heterocycles.